The topological polar surface area (TPSA) is 73.7 Å². The fourth-order valence-electron chi connectivity index (χ4n) is 3.14. The number of hydrogen-bond acceptors (Lipinski definition) is 4. The van der Waals surface area contributed by atoms with E-state index in [4.69, 9.17) is 5.11 Å². The lowest BCUT2D eigenvalue weighted by molar-refractivity contribution is 0.0693. The van der Waals surface area contributed by atoms with Crippen LogP contribution in [0.1, 0.15) is 40.1 Å². The van der Waals surface area contributed by atoms with Gasteiger partial charge >= 0.3 is 5.97 Å². The van der Waals surface area contributed by atoms with Gasteiger partial charge in [-0.05, 0) is 44.5 Å². The van der Waals surface area contributed by atoms with Crippen molar-refractivity contribution in [2.75, 3.05) is 26.2 Å². The molecule has 0 radical (unpaired) electrons. The molecule has 1 atom stereocenters. The van der Waals surface area contributed by atoms with E-state index in [2.05, 4.69) is 9.88 Å². The highest BCUT2D eigenvalue weighted by Gasteiger charge is 2.32. The molecule has 21 heavy (non-hydrogen) atoms. The number of amides is 1. The van der Waals surface area contributed by atoms with Crippen LogP contribution in [0.5, 0.6) is 0 Å². The molecule has 0 saturated carbocycles. The number of carbonyl (C=O) groups is 2. The maximum atomic E-state index is 12.4. The Morgan fingerprint density at radius 2 is 1.95 bits per heavy atom. The van der Waals surface area contributed by atoms with Gasteiger partial charge < -0.3 is 10.0 Å². The molecule has 1 aromatic heterocycles. The van der Waals surface area contributed by atoms with E-state index in [0.717, 1.165) is 32.6 Å². The maximum absolute atomic E-state index is 12.4. The average molecular weight is 289 g/mol. The van der Waals surface area contributed by atoms with Crippen LogP contribution in [0.4, 0.5) is 0 Å². The Balaban J connectivity index is 1.64. The highest BCUT2D eigenvalue weighted by Crippen LogP contribution is 2.21. The van der Waals surface area contributed by atoms with Gasteiger partial charge in [-0.25, -0.2) is 4.79 Å². The van der Waals surface area contributed by atoms with Gasteiger partial charge in [0.15, 0.2) is 0 Å². The lowest BCUT2D eigenvalue weighted by Gasteiger charge is -2.23. The zero-order valence-electron chi connectivity index (χ0n) is 11.9. The summed E-state index contributed by atoms with van der Waals surface area (Å²) in [6.45, 7) is 3.78. The third kappa shape index (κ3) is 2.90. The summed E-state index contributed by atoms with van der Waals surface area (Å²) in [5.41, 5.74) is 0.421. The number of hydrogen-bond donors (Lipinski definition) is 1. The number of rotatable bonds is 3. The fraction of sp³-hybridized carbons (Fsp3) is 0.533. The summed E-state index contributed by atoms with van der Waals surface area (Å²) >= 11 is 0. The van der Waals surface area contributed by atoms with Gasteiger partial charge in [0.05, 0.1) is 5.56 Å². The molecule has 112 valence electrons. The standard InChI is InChI=1S/C15H19N3O3/c19-14(13-4-3-11(9-16-13)15(20)21)18-8-5-12(10-18)17-6-1-2-7-17/h3-4,9,12H,1-2,5-8,10H2,(H,20,21). The van der Waals surface area contributed by atoms with Crippen molar-refractivity contribution >= 4 is 11.9 Å². The average Bonchev–Trinajstić information content (AvgIpc) is 3.17. The first kappa shape index (κ1) is 14.0. The van der Waals surface area contributed by atoms with Crippen molar-refractivity contribution < 1.29 is 14.7 Å². The van der Waals surface area contributed by atoms with Gasteiger partial charge in [0.1, 0.15) is 5.69 Å². The molecule has 6 nitrogen and oxygen atoms in total. The zero-order valence-corrected chi connectivity index (χ0v) is 11.9. The molecule has 2 fully saturated rings. The van der Waals surface area contributed by atoms with Crippen molar-refractivity contribution in [3.8, 4) is 0 Å². The van der Waals surface area contributed by atoms with E-state index < -0.39 is 5.97 Å². The number of nitrogens with zero attached hydrogens (tertiary/aromatic N) is 3. The quantitative estimate of drug-likeness (QED) is 0.901. The van der Waals surface area contributed by atoms with Crippen molar-refractivity contribution in [2.24, 2.45) is 0 Å². The van der Waals surface area contributed by atoms with Gasteiger partial charge in [-0.15, -0.1) is 0 Å². The molecule has 3 rings (SSSR count). The van der Waals surface area contributed by atoms with Crippen molar-refractivity contribution in [1.29, 1.82) is 0 Å². The summed E-state index contributed by atoms with van der Waals surface area (Å²) in [4.78, 5) is 31.4. The summed E-state index contributed by atoms with van der Waals surface area (Å²) < 4.78 is 0. The Kier molecular flexibility index (Phi) is 3.88. The highest BCUT2D eigenvalue weighted by molar-refractivity contribution is 5.94. The van der Waals surface area contributed by atoms with Gasteiger partial charge in [0.2, 0.25) is 0 Å². The second-order valence-corrected chi connectivity index (χ2v) is 5.67. The summed E-state index contributed by atoms with van der Waals surface area (Å²) in [5, 5.41) is 8.84. The smallest absolute Gasteiger partial charge is 0.337 e. The lowest BCUT2D eigenvalue weighted by Crippen LogP contribution is -2.37. The summed E-state index contributed by atoms with van der Waals surface area (Å²) in [6.07, 6.45) is 4.76. The van der Waals surface area contributed by atoms with Crippen LogP contribution in [0.3, 0.4) is 0 Å². The number of carboxylic acids is 1. The van der Waals surface area contributed by atoms with Crippen LogP contribution in [0.15, 0.2) is 18.3 Å². The van der Waals surface area contributed by atoms with Crippen LogP contribution in [-0.2, 0) is 0 Å². The van der Waals surface area contributed by atoms with Gasteiger partial charge in [-0.2, -0.15) is 0 Å². The first-order valence-electron chi connectivity index (χ1n) is 7.38. The molecule has 0 aliphatic carbocycles. The van der Waals surface area contributed by atoms with E-state index in [1.54, 1.807) is 0 Å². The molecule has 1 amide bonds. The Bertz CT molecular complexity index is 538. The molecule has 2 saturated heterocycles. The zero-order chi connectivity index (χ0) is 14.8. The number of aromatic nitrogens is 1. The van der Waals surface area contributed by atoms with Crippen LogP contribution in [0.25, 0.3) is 0 Å². The monoisotopic (exact) mass is 289 g/mol. The van der Waals surface area contributed by atoms with E-state index in [0.29, 0.717) is 11.7 Å². The van der Waals surface area contributed by atoms with Gasteiger partial charge in [0, 0.05) is 25.3 Å². The van der Waals surface area contributed by atoms with Gasteiger partial charge in [-0.3, -0.25) is 14.7 Å². The van der Waals surface area contributed by atoms with E-state index in [1.165, 1.54) is 31.2 Å². The second kappa shape index (κ2) is 5.81. The van der Waals surface area contributed by atoms with Crippen LogP contribution < -0.4 is 0 Å². The molecule has 6 heteroatoms. The van der Waals surface area contributed by atoms with Crippen LogP contribution in [0.2, 0.25) is 0 Å². The number of pyridine rings is 1. The predicted octanol–water partition coefficient (Wildman–Crippen LogP) is 1.09. The van der Waals surface area contributed by atoms with Crippen molar-refractivity contribution in [3.63, 3.8) is 0 Å². The Morgan fingerprint density at radius 1 is 1.19 bits per heavy atom. The number of carboxylic acid groups (broad SMARTS) is 1. The Morgan fingerprint density at radius 3 is 2.57 bits per heavy atom. The number of likely N-dealkylation sites (tertiary alicyclic amines) is 2. The minimum absolute atomic E-state index is 0.0999. The Labute approximate surface area is 123 Å². The number of carbonyl (C=O) groups excluding carboxylic acids is 1. The van der Waals surface area contributed by atoms with Crippen LogP contribution in [0, 0.1) is 0 Å². The third-order valence-electron chi connectivity index (χ3n) is 4.34. The minimum atomic E-state index is -1.03. The molecule has 3 heterocycles. The van der Waals surface area contributed by atoms with Crippen molar-refractivity contribution in [2.45, 2.75) is 25.3 Å². The fourth-order valence-corrected chi connectivity index (χ4v) is 3.14. The first-order chi connectivity index (χ1) is 10.1. The summed E-state index contributed by atoms with van der Waals surface area (Å²) in [7, 11) is 0. The summed E-state index contributed by atoms with van der Waals surface area (Å²) in [5.74, 6) is -1.13. The van der Waals surface area contributed by atoms with Crippen molar-refractivity contribution in [3.05, 3.63) is 29.6 Å². The highest BCUT2D eigenvalue weighted by atomic mass is 16.4. The summed E-state index contributed by atoms with van der Waals surface area (Å²) in [6, 6.07) is 3.39. The SMILES string of the molecule is O=C(O)c1ccc(C(=O)N2CCC(N3CCCC3)C2)nc1. The van der Waals surface area contributed by atoms with Crippen LogP contribution >= 0.6 is 0 Å². The van der Waals surface area contributed by atoms with Crippen LogP contribution in [-0.4, -0.2) is 64.0 Å². The second-order valence-electron chi connectivity index (χ2n) is 5.67. The van der Waals surface area contributed by atoms with Gasteiger partial charge in [-0.1, -0.05) is 0 Å². The van der Waals surface area contributed by atoms with Gasteiger partial charge in [0.25, 0.3) is 5.91 Å². The molecule has 2 aliphatic rings. The molecular formula is C15H19N3O3. The predicted molar refractivity (Wildman–Crippen MR) is 76.3 cm³/mol. The third-order valence-corrected chi connectivity index (χ3v) is 4.34. The lowest BCUT2D eigenvalue weighted by atomic mass is 10.2. The molecule has 2 aliphatic heterocycles. The molecule has 0 aromatic carbocycles. The molecule has 1 N–H and O–H groups in total. The van der Waals surface area contributed by atoms with Crippen molar-refractivity contribution in [1.82, 2.24) is 14.8 Å². The normalized spacial score (nSPS) is 22.7. The molecule has 1 aromatic rings. The largest absolute Gasteiger partial charge is 0.478 e. The Hall–Kier alpha value is -1.95. The maximum Gasteiger partial charge on any atom is 0.337 e. The van der Waals surface area contributed by atoms with E-state index in [1.807, 2.05) is 4.90 Å². The minimum Gasteiger partial charge on any atom is -0.478 e. The molecule has 0 spiro atoms. The van der Waals surface area contributed by atoms with E-state index in [-0.39, 0.29) is 11.5 Å². The molecular weight excluding hydrogens is 270 g/mol. The van der Waals surface area contributed by atoms with E-state index in [9.17, 15) is 9.59 Å². The number of aromatic carboxylic acids is 1. The van der Waals surface area contributed by atoms with E-state index >= 15 is 0 Å². The molecule has 1 unspecified atom stereocenters. The molecule has 0 bridgehead atoms. The first-order valence-corrected chi connectivity index (χ1v) is 7.38.